The van der Waals surface area contributed by atoms with Crippen molar-refractivity contribution in [1.82, 2.24) is 10.2 Å². The highest BCUT2D eigenvalue weighted by atomic mass is 32.2. The molecule has 0 radical (unpaired) electrons. The van der Waals surface area contributed by atoms with Gasteiger partial charge in [-0.2, -0.15) is 0 Å². The van der Waals surface area contributed by atoms with Crippen LogP contribution in [-0.2, 0) is 26.2 Å². The van der Waals surface area contributed by atoms with Crippen LogP contribution in [0.25, 0.3) is 0 Å². The number of nitrogens with one attached hydrogen (secondary N) is 1. The SMILES string of the molecule is CC[C@@H](C(=O)NC)N(Cc1ccc(F)cc1)C(=O)CN(c1ccc(OC)c(OC)c1)S(C)(=O)=O. The number of nitrogens with zero attached hydrogens (tertiary/aromatic N) is 2. The van der Waals surface area contributed by atoms with Gasteiger partial charge in [0.15, 0.2) is 11.5 Å². The van der Waals surface area contributed by atoms with E-state index >= 15 is 0 Å². The van der Waals surface area contributed by atoms with Crippen LogP contribution in [0.15, 0.2) is 42.5 Å². The number of anilines is 1. The molecule has 0 aliphatic heterocycles. The van der Waals surface area contributed by atoms with Crippen LogP contribution in [0.3, 0.4) is 0 Å². The number of benzene rings is 2. The van der Waals surface area contributed by atoms with Gasteiger partial charge in [-0.25, -0.2) is 12.8 Å². The van der Waals surface area contributed by atoms with Crippen molar-refractivity contribution in [2.24, 2.45) is 0 Å². The predicted molar refractivity (Wildman–Crippen MR) is 127 cm³/mol. The molecule has 11 heteroatoms. The lowest BCUT2D eigenvalue weighted by Crippen LogP contribution is -2.51. The Hall–Kier alpha value is -3.34. The van der Waals surface area contributed by atoms with Crippen LogP contribution in [0.5, 0.6) is 11.5 Å². The number of carbonyl (C=O) groups excluding carboxylic acids is 2. The van der Waals surface area contributed by atoms with E-state index in [9.17, 15) is 22.4 Å². The van der Waals surface area contributed by atoms with Crippen molar-refractivity contribution in [3.05, 3.63) is 53.8 Å². The fourth-order valence-electron chi connectivity index (χ4n) is 3.47. The molecule has 0 saturated heterocycles. The van der Waals surface area contributed by atoms with Gasteiger partial charge in [0.1, 0.15) is 18.4 Å². The van der Waals surface area contributed by atoms with Gasteiger partial charge in [0.25, 0.3) is 0 Å². The Balaban J connectivity index is 2.46. The zero-order valence-electron chi connectivity index (χ0n) is 19.9. The zero-order chi connectivity index (χ0) is 25.5. The number of sulfonamides is 1. The molecule has 0 aliphatic rings. The van der Waals surface area contributed by atoms with Crippen molar-refractivity contribution in [2.45, 2.75) is 25.9 Å². The van der Waals surface area contributed by atoms with Crippen LogP contribution < -0.4 is 19.1 Å². The number of hydrogen-bond donors (Lipinski definition) is 1. The quantitative estimate of drug-likeness (QED) is 0.512. The van der Waals surface area contributed by atoms with Crippen LogP contribution in [0.4, 0.5) is 10.1 Å². The summed E-state index contributed by atoms with van der Waals surface area (Å²) in [6.07, 6.45) is 1.28. The van der Waals surface area contributed by atoms with Crippen LogP contribution in [0, 0.1) is 5.82 Å². The number of halogens is 1. The number of likely N-dealkylation sites (N-methyl/N-ethyl adjacent to an activating group) is 1. The summed E-state index contributed by atoms with van der Waals surface area (Å²) in [7, 11) is 0.433. The summed E-state index contributed by atoms with van der Waals surface area (Å²) in [5.41, 5.74) is 0.789. The number of rotatable bonds is 11. The Morgan fingerprint density at radius 3 is 2.18 bits per heavy atom. The minimum Gasteiger partial charge on any atom is -0.493 e. The summed E-state index contributed by atoms with van der Waals surface area (Å²) in [6.45, 7) is 1.19. The second-order valence-corrected chi connectivity index (χ2v) is 9.40. The average Bonchev–Trinajstić information content (AvgIpc) is 2.82. The fraction of sp³-hybridized carbons (Fsp3) is 0.391. The van der Waals surface area contributed by atoms with E-state index in [0.29, 0.717) is 23.5 Å². The third kappa shape index (κ3) is 6.60. The molecule has 2 rings (SSSR count). The largest absolute Gasteiger partial charge is 0.493 e. The van der Waals surface area contributed by atoms with Gasteiger partial charge in [-0.1, -0.05) is 19.1 Å². The van der Waals surface area contributed by atoms with Crippen LogP contribution >= 0.6 is 0 Å². The number of ether oxygens (including phenoxy) is 2. The number of hydrogen-bond acceptors (Lipinski definition) is 6. The van der Waals surface area contributed by atoms with Crippen LogP contribution in [0.2, 0.25) is 0 Å². The molecule has 0 unspecified atom stereocenters. The van der Waals surface area contributed by atoms with E-state index in [1.165, 1.54) is 68.6 Å². The molecule has 0 saturated carbocycles. The second-order valence-electron chi connectivity index (χ2n) is 7.50. The zero-order valence-corrected chi connectivity index (χ0v) is 20.7. The Labute approximate surface area is 199 Å². The molecule has 0 heterocycles. The van der Waals surface area contributed by atoms with Gasteiger partial charge in [-0.3, -0.25) is 13.9 Å². The molecule has 2 aromatic carbocycles. The molecule has 34 heavy (non-hydrogen) atoms. The van der Waals surface area contributed by atoms with E-state index in [1.807, 2.05) is 0 Å². The molecule has 0 spiro atoms. The summed E-state index contributed by atoms with van der Waals surface area (Å²) < 4.78 is 50.0. The molecule has 2 aromatic rings. The molecule has 1 atom stereocenters. The molecule has 1 N–H and O–H groups in total. The lowest BCUT2D eigenvalue weighted by Gasteiger charge is -2.32. The highest BCUT2D eigenvalue weighted by molar-refractivity contribution is 7.92. The molecule has 0 aliphatic carbocycles. The first-order valence-electron chi connectivity index (χ1n) is 10.5. The highest BCUT2D eigenvalue weighted by Gasteiger charge is 2.31. The van der Waals surface area contributed by atoms with Gasteiger partial charge < -0.3 is 19.7 Å². The monoisotopic (exact) mass is 495 g/mol. The smallest absolute Gasteiger partial charge is 0.244 e. The Morgan fingerprint density at radius 1 is 1.06 bits per heavy atom. The molecular weight excluding hydrogens is 465 g/mol. The van der Waals surface area contributed by atoms with E-state index < -0.39 is 40.2 Å². The summed E-state index contributed by atoms with van der Waals surface area (Å²) in [5.74, 6) is -0.734. The molecule has 0 fully saturated rings. The lowest BCUT2D eigenvalue weighted by atomic mass is 10.1. The van der Waals surface area contributed by atoms with E-state index in [4.69, 9.17) is 9.47 Å². The van der Waals surface area contributed by atoms with Gasteiger partial charge in [0.05, 0.1) is 26.2 Å². The molecular formula is C23H30FN3O6S. The van der Waals surface area contributed by atoms with Gasteiger partial charge in [0.2, 0.25) is 21.8 Å². The first-order valence-corrected chi connectivity index (χ1v) is 12.4. The first-order chi connectivity index (χ1) is 16.0. The van der Waals surface area contributed by atoms with Gasteiger partial charge >= 0.3 is 0 Å². The van der Waals surface area contributed by atoms with Crippen molar-refractivity contribution >= 4 is 27.5 Å². The topological polar surface area (TPSA) is 105 Å². The number of methoxy groups -OCH3 is 2. The Kier molecular flexibility index (Phi) is 9.25. The minimum absolute atomic E-state index is 0.00538. The molecule has 2 amide bonds. The maximum absolute atomic E-state index is 13.5. The molecule has 0 bridgehead atoms. The maximum Gasteiger partial charge on any atom is 0.244 e. The van der Waals surface area contributed by atoms with Crippen molar-refractivity contribution in [1.29, 1.82) is 0 Å². The van der Waals surface area contributed by atoms with Gasteiger partial charge in [-0.15, -0.1) is 0 Å². The molecule has 186 valence electrons. The number of carbonyl (C=O) groups is 2. The van der Waals surface area contributed by atoms with Crippen molar-refractivity contribution in [3.8, 4) is 11.5 Å². The molecule has 9 nitrogen and oxygen atoms in total. The van der Waals surface area contributed by atoms with E-state index in [0.717, 1.165) is 10.6 Å². The van der Waals surface area contributed by atoms with Crippen LogP contribution in [-0.4, -0.2) is 65.2 Å². The van der Waals surface area contributed by atoms with Crippen molar-refractivity contribution < 1.29 is 31.9 Å². The normalized spacial score (nSPS) is 11.9. The van der Waals surface area contributed by atoms with E-state index in [1.54, 1.807) is 6.92 Å². The Bertz CT molecular complexity index is 1110. The predicted octanol–water partition coefficient (Wildman–Crippen LogP) is 2.16. The van der Waals surface area contributed by atoms with Crippen molar-refractivity contribution in [2.75, 3.05) is 38.4 Å². The summed E-state index contributed by atoms with van der Waals surface area (Å²) in [5, 5.41) is 2.53. The standard InChI is InChI=1S/C23H30FN3O6S/c1-6-19(23(29)25-2)26(14-16-7-9-17(24)10-8-16)22(28)15-27(34(5,30)31)18-11-12-20(32-3)21(13-18)33-4/h7-13,19H,6,14-15H2,1-5H3,(H,25,29)/t19-/m0/s1. The van der Waals surface area contributed by atoms with E-state index in [-0.39, 0.29) is 12.2 Å². The highest BCUT2D eigenvalue weighted by Crippen LogP contribution is 2.32. The third-order valence-corrected chi connectivity index (χ3v) is 6.37. The Morgan fingerprint density at radius 2 is 1.68 bits per heavy atom. The molecule has 0 aromatic heterocycles. The van der Waals surface area contributed by atoms with Gasteiger partial charge in [-0.05, 0) is 36.2 Å². The van der Waals surface area contributed by atoms with E-state index in [2.05, 4.69) is 5.32 Å². The third-order valence-electron chi connectivity index (χ3n) is 5.23. The maximum atomic E-state index is 13.5. The average molecular weight is 496 g/mol. The van der Waals surface area contributed by atoms with Crippen LogP contribution in [0.1, 0.15) is 18.9 Å². The summed E-state index contributed by atoms with van der Waals surface area (Å²) >= 11 is 0. The number of amides is 2. The first kappa shape index (κ1) is 26.9. The second kappa shape index (κ2) is 11.7. The minimum atomic E-state index is -3.89. The fourth-order valence-corrected chi connectivity index (χ4v) is 4.31. The summed E-state index contributed by atoms with van der Waals surface area (Å²) in [4.78, 5) is 27.3. The van der Waals surface area contributed by atoms with Crippen molar-refractivity contribution in [3.63, 3.8) is 0 Å². The lowest BCUT2D eigenvalue weighted by molar-refractivity contribution is -0.140. The summed E-state index contributed by atoms with van der Waals surface area (Å²) in [6, 6.07) is 9.16. The van der Waals surface area contributed by atoms with Gasteiger partial charge in [0, 0.05) is 19.7 Å².